The van der Waals surface area contributed by atoms with Gasteiger partial charge >= 0.3 is 0 Å². The largest absolute Gasteiger partial charge is 0.372 e. The van der Waals surface area contributed by atoms with Crippen LogP contribution in [-0.4, -0.2) is 58.9 Å². The number of hydrogen-bond acceptors (Lipinski definition) is 5. The van der Waals surface area contributed by atoms with Gasteiger partial charge in [-0.15, -0.1) is 5.10 Å². The minimum Gasteiger partial charge on any atom is -0.372 e. The Kier molecular flexibility index (Phi) is 6.85. The average Bonchev–Trinajstić information content (AvgIpc) is 3.21. The fourth-order valence-electron chi connectivity index (χ4n) is 3.56. The second-order valence-corrected chi connectivity index (χ2v) is 7.84. The number of rotatable bonds is 7. The SMILES string of the molecule is CN(C)C(=O)Cn1cc(C(=O)NCc2ccc(N(C)C3CCCCC3)cc2)nn1. The highest BCUT2D eigenvalue weighted by Crippen LogP contribution is 2.26. The third-order valence-corrected chi connectivity index (χ3v) is 5.49. The van der Waals surface area contributed by atoms with Crippen LogP contribution in [-0.2, 0) is 17.9 Å². The predicted molar refractivity (Wildman–Crippen MR) is 112 cm³/mol. The maximum Gasteiger partial charge on any atom is 0.273 e. The van der Waals surface area contributed by atoms with Crippen LogP contribution in [0.4, 0.5) is 5.69 Å². The number of likely N-dealkylation sites (N-methyl/N-ethyl adjacent to an activating group) is 1. The molecule has 0 bridgehead atoms. The number of anilines is 1. The van der Waals surface area contributed by atoms with Gasteiger partial charge in [0.05, 0.1) is 6.20 Å². The van der Waals surface area contributed by atoms with Crippen LogP contribution in [0, 0.1) is 0 Å². The van der Waals surface area contributed by atoms with Crippen LogP contribution in [0.1, 0.15) is 48.2 Å². The van der Waals surface area contributed by atoms with Crippen LogP contribution >= 0.6 is 0 Å². The second kappa shape index (κ2) is 9.54. The van der Waals surface area contributed by atoms with E-state index in [2.05, 4.69) is 39.7 Å². The molecular formula is C21H30N6O2. The Morgan fingerprint density at radius 1 is 1.10 bits per heavy atom. The topological polar surface area (TPSA) is 83.4 Å². The van der Waals surface area contributed by atoms with Gasteiger partial charge in [-0.05, 0) is 30.5 Å². The molecule has 3 rings (SSSR count). The fraction of sp³-hybridized carbons (Fsp3) is 0.524. The normalized spacial score (nSPS) is 14.4. The van der Waals surface area contributed by atoms with Crippen LogP contribution < -0.4 is 10.2 Å². The van der Waals surface area contributed by atoms with Gasteiger partial charge in [0.15, 0.2) is 5.69 Å². The van der Waals surface area contributed by atoms with Crippen molar-refractivity contribution in [3.05, 3.63) is 41.7 Å². The highest BCUT2D eigenvalue weighted by Gasteiger charge is 2.18. The number of benzene rings is 1. The smallest absolute Gasteiger partial charge is 0.273 e. The van der Waals surface area contributed by atoms with Crippen LogP contribution in [0.3, 0.4) is 0 Å². The van der Waals surface area contributed by atoms with E-state index in [4.69, 9.17) is 0 Å². The Hall–Kier alpha value is -2.90. The van der Waals surface area contributed by atoms with Gasteiger partial charge in [0, 0.05) is 39.4 Å². The molecule has 2 amide bonds. The summed E-state index contributed by atoms with van der Waals surface area (Å²) in [6.07, 6.45) is 7.98. The Morgan fingerprint density at radius 3 is 2.45 bits per heavy atom. The van der Waals surface area contributed by atoms with Gasteiger partial charge in [0.1, 0.15) is 6.54 Å². The molecule has 0 spiro atoms. The van der Waals surface area contributed by atoms with Crippen molar-refractivity contribution in [2.24, 2.45) is 0 Å². The minimum atomic E-state index is -0.308. The van der Waals surface area contributed by atoms with E-state index in [1.54, 1.807) is 14.1 Å². The molecule has 1 fully saturated rings. The number of amides is 2. The summed E-state index contributed by atoms with van der Waals surface area (Å²) in [6.45, 7) is 0.471. The Labute approximate surface area is 171 Å². The summed E-state index contributed by atoms with van der Waals surface area (Å²) in [5.74, 6) is -0.419. The molecule has 0 aliphatic heterocycles. The zero-order chi connectivity index (χ0) is 20.8. The molecule has 1 aromatic carbocycles. The maximum absolute atomic E-state index is 12.3. The van der Waals surface area contributed by atoms with E-state index in [1.165, 1.54) is 53.6 Å². The third-order valence-electron chi connectivity index (χ3n) is 5.49. The van der Waals surface area contributed by atoms with Crippen molar-refractivity contribution in [1.29, 1.82) is 0 Å². The molecule has 1 aliphatic rings. The van der Waals surface area contributed by atoms with Gasteiger partial charge in [0.25, 0.3) is 5.91 Å². The molecular weight excluding hydrogens is 368 g/mol. The molecule has 1 saturated carbocycles. The number of carbonyl (C=O) groups excluding carboxylic acids is 2. The first-order chi connectivity index (χ1) is 13.9. The summed E-state index contributed by atoms with van der Waals surface area (Å²) in [6, 6.07) is 8.93. The van der Waals surface area contributed by atoms with Gasteiger partial charge in [-0.1, -0.05) is 36.6 Å². The van der Waals surface area contributed by atoms with Crippen molar-refractivity contribution in [1.82, 2.24) is 25.2 Å². The molecule has 1 aromatic heterocycles. The number of nitrogens with one attached hydrogen (secondary N) is 1. The van der Waals surface area contributed by atoms with Gasteiger partial charge in [-0.25, -0.2) is 4.68 Å². The fourth-order valence-corrected chi connectivity index (χ4v) is 3.56. The third kappa shape index (κ3) is 5.56. The Morgan fingerprint density at radius 2 is 1.79 bits per heavy atom. The Bertz CT molecular complexity index is 824. The van der Waals surface area contributed by atoms with E-state index in [0.717, 1.165) is 5.56 Å². The molecule has 0 unspecified atom stereocenters. The molecule has 156 valence electrons. The first-order valence-electron chi connectivity index (χ1n) is 10.1. The summed E-state index contributed by atoms with van der Waals surface area (Å²) in [5.41, 5.74) is 2.43. The van der Waals surface area contributed by atoms with Crippen LogP contribution in [0.5, 0.6) is 0 Å². The van der Waals surface area contributed by atoms with Crippen molar-refractivity contribution < 1.29 is 9.59 Å². The molecule has 1 heterocycles. The molecule has 8 nitrogen and oxygen atoms in total. The Balaban J connectivity index is 1.51. The quantitative estimate of drug-likeness (QED) is 0.772. The lowest BCUT2D eigenvalue weighted by Gasteiger charge is -2.33. The molecule has 1 N–H and O–H groups in total. The van der Waals surface area contributed by atoms with Gasteiger partial charge < -0.3 is 15.1 Å². The minimum absolute atomic E-state index is 0.0588. The average molecular weight is 399 g/mol. The highest BCUT2D eigenvalue weighted by molar-refractivity contribution is 5.91. The second-order valence-electron chi connectivity index (χ2n) is 7.84. The van der Waals surface area contributed by atoms with Crippen LogP contribution in [0.2, 0.25) is 0 Å². The summed E-state index contributed by atoms with van der Waals surface area (Å²) in [7, 11) is 5.51. The van der Waals surface area contributed by atoms with Gasteiger partial charge in [-0.2, -0.15) is 0 Å². The standard InChI is InChI=1S/C21H30N6O2/c1-25(2)20(28)15-27-14-19(23-24-27)21(29)22-13-16-9-11-18(12-10-16)26(3)17-7-5-4-6-8-17/h9-12,14,17H,4-8,13,15H2,1-3H3,(H,22,29). The molecule has 29 heavy (non-hydrogen) atoms. The molecule has 0 saturated heterocycles. The maximum atomic E-state index is 12.3. The van der Waals surface area contributed by atoms with Gasteiger partial charge in [-0.3, -0.25) is 9.59 Å². The predicted octanol–water partition coefficient (Wildman–Crippen LogP) is 2.07. The van der Waals surface area contributed by atoms with Gasteiger partial charge in [0.2, 0.25) is 5.91 Å². The van der Waals surface area contributed by atoms with Crippen molar-refractivity contribution in [2.45, 2.75) is 51.2 Å². The lowest BCUT2D eigenvalue weighted by Crippen LogP contribution is -2.33. The molecule has 0 radical (unpaired) electrons. The van der Waals surface area contributed by atoms with E-state index in [0.29, 0.717) is 12.6 Å². The first-order valence-corrected chi connectivity index (χ1v) is 10.1. The summed E-state index contributed by atoms with van der Waals surface area (Å²) in [5, 5.41) is 10.5. The van der Waals surface area contributed by atoms with Crippen molar-refractivity contribution in [2.75, 3.05) is 26.0 Å². The zero-order valence-corrected chi connectivity index (χ0v) is 17.5. The molecule has 8 heteroatoms. The highest BCUT2D eigenvalue weighted by atomic mass is 16.2. The summed E-state index contributed by atoms with van der Waals surface area (Å²) < 4.78 is 1.37. The molecule has 0 atom stereocenters. The lowest BCUT2D eigenvalue weighted by atomic mass is 9.94. The van der Waals surface area contributed by atoms with Crippen molar-refractivity contribution in [3.63, 3.8) is 0 Å². The lowest BCUT2D eigenvalue weighted by molar-refractivity contribution is -0.129. The number of nitrogens with zero attached hydrogens (tertiary/aromatic N) is 5. The monoisotopic (exact) mass is 398 g/mol. The van der Waals surface area contributed by atoms with E-state index >= 15 is 0 Å². The summed E-state index contributed by atoms with van der Waals surface area (Å²) in [4.78, 5) is 27.9. The first kappa shape index (κ1) is 20.8. The van der Waals surface area contributed by atoms with Crippen LogP contribution in [0.25, 0.3) is 0 Å². The van der Waals surface area contributed by atoms with Crippen molar-refractivity contribution >= 4 is 17.5 Å². The molecule has 1 aliphatic carbocycles. The van der Waals surface area contributed by atoms with E-state index in [-0.39, 0.29) is 24.1 Å². The zero-order valence-electron chi connectivity index (χ0n) is 17.5. The van der Waals surface area contributed by atoms with Crippen molar-refractivity contribution in [3.8, 4) is 0 Å². The number of aromatic nitrogens is 3. The number of carbonyl (C=O) groups is 2. The van der Waals surface area contributed by atoms with E-state index in [1.807, 2.05) is 12.1 Å². The summed E-state index contributed by atoms with van der Waals surface area (Å²) >= 11 is 0. The molecule has 2 aromatic rings. The van der Waals surface area contributed by atoms with Crippen LogP contribution in [0.15, 0.2) is 30.5 Å². The van der Waals surface area contributed by atoms with E-state index < -0.39 is 0 Å². The van der Waals surface area contributed by atoms with E-state index in [9.17, 15) is 9.59 Å². The number of hydrogen-bond donors (Lipinski definition) is 1.